The Morgan fingerprint density at radius 2 is 2.02 bits per heavy atom. The number of phosphoric acid groups is 1. The Morgan fingerprint density at radius 3 is 2.84 bits per heavy atom. The number of rotatable bonds is 2. The van der Waals surface area contributed by atoms with E-state index in [-0.39, 0.29) is 41.1 Å². The zero-order valence-electron chi connectivity index (χ0n) is 22.1. The van der Waals surface area contributed by atoms with Crippen LogP contribution >= 0.6 is 38.6 Å². The molecule has 9 N–H and O–H groups in total. The van der Waals surface area contributed by atoms with Crippen molar-refractivity contribution >= 4 is 67.5 Å². The monoisotopic (exact) mass is 693 g/mol. The summed E-state index contributed by atoms with van der Waals surface area (Å²) < 4.78 is 56.8. The van der Waals surface area contributed by atoms with E-state index in [1.165, 1.54) is 17.0 Å². The van der Waals surface area contributed by atoms with Crippen LogP contribution in [0.5, 0.6) is 0 Å². The number of hydrazine groups is 2. The summed E-state index contributed by atoms with van der Waals surface area (Å²) in [5.74, 6) is -0.322. The molecule has 21 nitrogen and oxygen atoms in total. The van der Waals surface area contributed by atoms with Gasteiger partial charge in [0.2, 0.25) is 11.7 Å². The highest BCUT2D eigenvalue weighted by Crippen LogP contribution is 2.61. The number of phosphoric ester groups is 1. The maximum Gasteiger partial charge on any atom is 0.472 e. The number of aliphatic hydroxyl groups excluding tert-OH is 1. The fraction of sp³-hybridized carbons (Fsp3) is 0.526. The first-order chi connectivity index (χ1) is 20.9. The topological polar surface area (TPSA) is 289 Å². The predicted octanol–water partition coefficient (Wildman–Crippen LogP) is -0.687. The van der Waals surface area contributed by atoms with Crippen molar-refractivity contribution < 1.29 is 42.0 Å². The molecule has 0 aliphatic carbocycles. The minimum atomic E-state index is -4.76. The third-order valence-corrected chi connectivity index (χ3v) is 11.4. The first-order valence-corrected chi connectivity index (χ1v) is 18.0. The molecular formula is C19H25N11O10P2S2. The van der Waals surface area contributed by atoms with Crippen LogP contribution in [0.25, 0.3) is 5.65 Å². The number of fused-ring (bicyclic) bond motifs is 5. The lowest BCUT2D eigenvalue weighted by Gasteiger charge is -2.41. The quantitative estimate of drug-likeness (QED) is 0.122. The Balaban J connectivity index is 1.21. The number of thioether (sulfide) groups is 1. The number of aromatic amines is 1. The smallest absolute Gasteiger partial charge is 0.387 e. The van der Waals surface area contributed by atoms with E-state index >= 15 is 0 Å². The number of nitrogens with one attached hydrogen (secondary N) is 3. The molecule has 2 bridgehead atoms. The second-order valence-corrected chi connectivity index (χ2v) is 15.6. The van der Waals surface area contributed by atoms with Gasteiger partial charge in [0.05, 0.1) is 30.4 Å². The van der Waals surface area contributed by atoms with E-state index in [0.29, 0.717) is 5.69 Å². The van der Waals surface area contributed by atoms with Crippen molar-refractivity contribution in [2.24, 2.45) is 0 Å². The molecule has 3 aromatic rings. The van der Waals surface area contributed by atoms with Crippen LogP contribution in [-0.2, 0) is 32.0 Å². The minimum Gasteiger partial charge on any atom is -0.387 e. The maximum atomic E-state index is 13.8. The summed E-state index contributed by atoms with van der Waals surface area (Å²) in [4.78, 5) is 37.7. The number of nitrogens with zero attached hydrogens (tertiary/aromatic N) is 6. The summed E-state index contributed by atoms with van der Waals surface area (Å²) in [6.07, 6.45) is -1.83. The number of nitrogens with two attached hydrogens (primary N) is 2. The number of anilines is 4. The van der Waals surface area contributed by atoms with Gasteiger partial charge >= 0.3 is 14.6 Å². The van der Waals surface area contributed by atoms with Gasteiger partial charge < -0.3 is 26.2 Å². The zero-order valence-corrected chi connectivity index (χ0v) is 25.6. The molecule has 25 heteroatoms. The number of aromatic nitrogens is 6. The van der Waals surface area contributed by atoms with Crippen molar-refractivity contribution in [3.63, 3.8) is 0 Å². The third-order valence-electron chi connectivity index (χ3n) is 7.35. The lowest BCUT2D eigenvalue weighted by atomic mass is 10.1. The van der Waals surface area contributed by atoms with Crippen molar-refractivity contribution in [3.05, 3.63) is 28.6 Å². The molecule has 0 spiro atoms. The van der Waals surface area contributed by atoms with Crippen molar-refractivity contribution in [1.82, 2.24) is 35.1 Å². The van der Waals surface area contributed by atoms with Gasteiger partial charge in [0, 0.05) is 12.2 Å². The maximum absolute atomic E-state index is 13.8. The van der Waals surface area contributed by atoms with Crippen molar-refractivity contribution in [3.8, 4) is 0 Å². The third kappa shape index (κ3) is 5.15. The number of imidazole rings is 1. The van der Waals surface area contributed by atoms with Crippen LogP contribution in [0.2, 0.25) is 0 Å². The van der Waals surface area contributed by atoms with Gasteiger partial charge in [-0.2, -0.15) is 10.1 Å². The van der Waals surface area contributed by atoms with E-state index in [2.05, 4.69) is 48.2 Å². The highest BCUT2D eigenvalue weighted by Gasteiger charge is 2.60. The summed E-state index contributed by atoms with van der Waals surface area (Å²) in [5, 5.41) is 15.9. The molecule has 7 heterocycles. The van der Waals surface area contributed by atoms with Crippen LogP contribution in [0.3, 0.4) is 0 Å². The van der Waals surface area contributed by atoms with Crippen molar-refractivity contribution in [1.29, 1.82) is 0 Å². The fourth-order valence-corrected chi connectivity index (χ4v) is 9.54. The highest BCUT2D eigenvalue weighted by atomic mass is 32.7. The van der Waals surface area contributed by atoms with Gasteiger partial charge in [-0.3, -0.25) is 33.3 Å². The van der Waals surface area contributed by atoms with Gasteiger partial charge in [-0.15, -0.1) is 17.3 Å². The average Bonchev–Trinajstić information content (AvgIpc) is 3.72. The Kier molecular flexibility index (Phi) is 7.39. The summed E-state index contributed by atoms with van der Waals surface area (Å²) in [6, 6.07) is 0. The van der Waals surface area contributed by atoms with E-state index < -0.39 is 68.8 Å². The normalized spacial score (nSPS) is 37.5. The molecule has 0 amide bonds. The van der Waals surface area contributed by atoms with Crippen LogP contribution in [0.15, 0.2) is 17.3 Å². The first kappa shape index (κ1) is 30.1. The lowest BCUT2D eigenvalue weighted by Crippen LogP contribution is -2.63. The van der Waals surface area contributed by atoms with Gasteiger partial charge in [0.1, 0.15) is 30.7 Å². The molecular weight excluding hydrogens is 668 g/mol. The molecule has 0 aromatic carbocycles. The fourth-order valence-electron chi connectivity index (χ4n) is 5.34. The Bertz CT molecular complexity index is 1780. The van der Waals surface area contributed by atoms with Crippen LogP contribution in [0.4, 0.5) is 23.3 Å². The van der Waals surface area contributed by atoms with E-state index in [0.717, 1.165) is 16.8 Å². The minimum absolute atomic E-state index is 0.0178. The molecule has 4 aliphatic rings. The lowest BCUT2D eigenvalue weighted by molar-refractivity contribution is -0.0511. The SMILES string of the molecule is Nc1nc2c(c(=O)[nH]1)NNN2[C@@]12CS[C@H](COP(=O)(O)O[C@H]3C[C@H](c4cnc5c(N)ncnn45)O[C@@H]3COP(=O)(S)O1)[C@H]2O. The number of aliphatic hydroxyl groups is 1. The second kappa shape index (κ2) is 10.8. The number of ether oxygens (including phenoxy) is 1. The molecule has 44 heavy (non-hydrogen) atoms. The molecule has 0 saturated carbocycles. The van der Waals surface area contributed by atoms with Crippen molar-refractivity contribution in [2.45, 2.75) is 41.8 Å². The summed E-state index contributed by atoms with van der Waals surface area (Å²) in [5.41, 5.74) is 15.0. The van der Waals surface area contributed by atoms with E-state index in [1.54, 1.807) is 0 Å². The number of H-pyrrole nitrogens is 1. The second-order valence-electron chi connectivity index (χ2n) is 10.1. The molecule has 4 aliphatic heterocycles. The Labute approximate surface area is 255 Å². The molecule has 0 radical (unpaired) electrons. The first-order valence-electron chi connectivity index (χ1n) is 12.8. The average molecular weight is 694 g/mol. The number of hydrogen-bond acceptors (Lipinski definition) is 19. The van der Waals surface area contributed by atoms with Gasteiger partial charge in [0.25, 0.3) is 5.56 Å². The molecule has 238 valence electrons. The Hall–Kier alpha value is -2.53. The van der Waals surface area contributed by atoms with Crippen LogP contribution < -0.4 is 33.0 Å². The summed E-state index contributed by atoms with van der Waals surface area (Å²) in [7, 11) is -4.76. The van der Waals surface area contributed by atoms with E-state index in [4.69, 9.17) is 34.3 Å². The summed E-state index contributed by atoms with van der Waals surface area (Å²) in [6.45, 7) is -5.38. The van der Waals surface area contributed by atoms with E-state index in [1.807, 2.05) is 0 Å². The largest absolute Gasteiger partial charge is 0.472 e. The van der Waals surface area contributed by atoms with Crippen molar-refractivity contribution in [2.75, 3.05) is 40.9 Å². The van der Waals surface area contributed by atoms with Crippen LogP contribution in [0, 0.1) is 0 Å². The van der Waals surface area contributed by atoms with E-state index in [9.17, 15) is 23.9 Å². The van der Waals surface area contributed by atoms with Gasteiger partial charge in [-0.05, 0) is 0 Å². The molecule has 2 unspecified atom stereocenters. The van der Waals surface area contributed by atoms with Crippen LogP contribution in [-0.4, -0.2) is 87.8 Å². The number of nitrogen functional groups attached to an aromatic ring is 2. The molecule has 3 aromatic heterocycles. The molecule has 3 saturated heterocycles. The highest BCUT2D eigenvalue weighted by molar-refractivity contribution is 8.44. The Morgan fingerprint density at radius 1 is 1.20 bits per heavy atom. The van der Waals surface area contributed by atoms with Crippen LogP contribution in [0.1, 0.15) is 18.2 Å². The number of hydrogen-bond donors (Lipinski definition) is 8. The number of thiol groups is 1. The van der Waals surface area contributed by atoms with Gasteiger partial charge in [-0.1, -0.05) is 12.2 Å². The van der Waals surface area contributed by atoms with Gasteiger partial charge in [0.15, 0.2) is 23.0 Å². The molecule has 3 fully saturated rings. The zero-order chi connectivity index (χ0) is 31.0. The predicted molar refractivity (Wildman–Crippen MR) is 155 cm³/mol. The molecule has 7 rings (SSSR count). The molecule has 8 atom stereocenters. The summed E-state index contributed by atoms with van der Waals surface area (Å²) >= 11 is 5.23. The van der Waals surface area contributed by atoms with Gasteiger partial charge in [-0.25, -0.2) is 28.6 Å². The standard InChI is InChI=1S/C19H25N11O10P2S2/c20-14-16-22-2-7(29(16)24-6-23-14)8-1-9-10(38-8)3-37-42(35,43)40-19(5-44-11(13(19)31)4-36-41(33,34)39-9)30-15-12(27-28-30)17(32)26-18(21)25-15/h2,6,8-11,13,27-28,31H,1,3-5H2,(H,33,34)(H,35,43)(H2,20,23,24)(H3,21,25,26,32)/t8-,9+,10-,11-,13-,19+,42?/m1/s1.